The molecule has 4 heteroatoms. The van der Waals surface area contributed by atoms with E-state index in [-0.39, 0.29) is 0 Å². The molecule has 0 radical (unpaired) electrons. The minimum Gasteiger partial charge on any atom is -0.351 e. The Balaban J connectivity index is 2.78. The van der Waals surface area contributed by atoms with Crippen molar-refractivity contribution >= 4 is 12.0 Å². The summed E-state index contributed by atoms with van der Waals surface area (Å²) in [5, 5.41) is 0. The van der Waals surface area contributed by atoms with Gasteiger partial charge in [0.1, 0.15) is 11.6 Å². The van der Waals surface area contributed by atoms with Crippen LogP contribution in [0.25, 0.3) is 0 Å². The molecule has 0 atom stereocenters. The molecule has 0 unspecified atom stereocenters. The molecule has 0 aromatic carbocycles. The van der Waals surface area contributed by atoms with Crippen molar-refractivity contribution in [3.05, 3.63) is 5.70 Å². The minimum atomic E-state index is -0.559. The Kier molecular flexibility index (Phi) is 1.73. The molecule has 2 N–H and O–H groups in total. The number of nitrogens with two attached hydrogens (primary N) is 1. The molecule has 0 aliphatic carbocycles. The third kappa shape index (κ3) is 1.01. The Bertz CT molecular complexity index is 206. The van der Waals surface area contributed by atoms with Crippen LogP contribution in [0, 0.1) is 0 Å². The molecule has 10 heavy (non-hydrogen) atoms. The summed E-state index contributed by atoms with van der Waals surface area (Å²) in [6.07, 6.45) is 1.43. The number of carbonyl (C=O) groups is 1. The van der Waals surface area contributed by atoms with Gasteiger partial charge in [-0.15, -0.1) is 0 Å². The summed E-state index contributed by atoms with van der Waals surface area (Å²) >= 11 is 0. The van der Waals surface area contributed by atoms with E-state index in [1.165, 1.54) is 4.90 Å². The maximum absolute atomic E-state index is 10.5. The Hall–Kier alpha value is -1.28. The van der Waals surface area contributed by atoms with E-state index in [1.54, 1.807) is 5.94 Å². The second-order valence-electron chi connectivity index (χ2n) is 2.14. The molecule has 1 saturated heterocycles. The molecule has 1 fully saturated rings. The quantitative estimate of drug-likeness (QED) is 0.476. The van der Waals surface area contributed by atoms with Gasteiger partial charge in [-0.1, -0.05) is 0 Å². The van der Waals surface area contributed by atoms with Gasteiger partial charge >= 0.3 is 6.03 Å². The average molecular weight is 140 g/mol. The van der Waals surface area contributed by atoms with Crippen LogP contribution in [-0.2, 0) is 4.79 Å². The van der Waals surface area contributed by atoms with Crippen molar-refractivity contribution in [2.45, 2.75) is 12.8 Å². The van der Waals surface area contributed by atoms with Gasteiger partial charge in [-0.05, 0) is 6.42 Å². The fourth-order valence-electron chi connectivity index (χ4n) is 1.02. The Morgan fingerprint density at radius 2 is 2.40 bits per heavy atom. The van der Waals surface area contributed by atoms with Crippen molar-refractivity contribution in [2.75, 3.05) is 6.54 Å². The number of urea groups is 1. The summed E-state index contributed by atoms with van der Waals surface area (Å²) in [4.78, 5) is 21.9. The van der Waals surface area contributed by atoms with Crippen molar-refractivity contribution in [1.29, 1.82) is 0 Å². The molecule has 0 bridgehead atoms. The Morgan fingerprint density at radius 1 is 1.70 bits per heavy atom. The molecule has 0 spiro atoms. The first kappa shape index (κ1) is 6.83. The first-order chi connectivity index (χ1) is 4.75. The third-order valence-corrected chi connectivity index (χ3v) is 1.50. The zero-order valence-corrected chi connectivity index (χ0v) is 5.46. The molecule has 2 amide bonds. The Labute approximate surface area is 58.3 Å². The van der Waals surface area contributed by atoms with E-state index >= 15 is 0 Å². The molecule has 1 rings (SSSR count). The highest BCUT2D eigenvalue weighted by molar-refractivity contribution is 5.77. The van der Waals surface area contributed by atoms with Crippen molar-refractivity contribution in [3.8, 4) is 0 Å². The van der Waals surface area contributed by atoms with Crippen molar-refractivity contribution in [3.63, 3.8) is 0 Å². The molecule has 0 aromatic heterocycles. The molecule has 0 aromatic rings. The lowest BCUT2D eigenvalue weighted by Gasteiger charge is -2.10. The smallest absolute Gasteiger partial charge is 0.319 e. The van der Waals surface area contributed by atoms with Gasteiger partial charge in [-0.3, -0.25) is 4.90 Å². The van der Waals surface area contributed by atoms with E-state index in [1.807, 2.05) is 0 Å². The maximum atomic E-state index is 10.5. The highest BCUT2D eigenvalue weighted by atomic mass is 16.2. The average Bonchev–Trinajstić information content (AvgIpc) is 2.33. The lowest BCUT2D eigenvalue weighted by molar-refractivity contribution is 0.226. The van der Waals surface area contributed by atoms with Crippen LogP contribution in [0.2, 0.25) is 0 Å². The first-order valence-corrected chi connectivity index (χ1v) is 3.06. The Morgan fingerprint density at radius 3 is 2.80 bits per heavy atom. The summed E-state index contributed by atoms with van der Waals surface area (Å²) in [5.74, 6) is 1.69. The lowest BCUT2D eigenvalue weighted by Crippen LogP contribution is -2.31. The monoisotopic (exact) mass is 140 g/mol. The third-order valence-electron chi connectivity index (χ3n) is 1.50. The van der Waals surface area contributed by atoms with E-state index < -0.39 is 6.03 Å². The van der Waals surface area contributed by atoms with E-state index in [2.05, 4.69) is 0 Å². The summed E-state index contributed by atoms with van der Waals surface area (Å²) < 4.78 is 0. The molecule has 1 aliphatic heterocycles. The van der Waals surface area contributed by atoms with Crippen LogP contribution in [0.15, 0.2) is 5.70 Å². The van der Waals surface area contributed by atoms with Gasteiger partial charge in [0.05, 0.1) is 0 Å². The summed E-state index contributed by atoms with van der Waals surface area (Å²) in [5.41, 5.74) is 5.33. The largest absolute Gasteiger partial charge is 0.351 e. The van der Waals surface area contributed by atoms with E-state index in [9.17, 15) is 9.59 Å². The van der Waals surface area contributed by atoms with E-state index in [0.29, 0.717) is 18.7 Å². The SMILES string of the molecule is NC(=O)N1CCCC1=C=O. The van der Waals surface area contributed by atoms with Crippen LogP contribution in [0.4, 0.5) is 4.79 Å². The number of nitrogens with zero attached hydrogens (tertiary/aromatic N) is 1. The van der Waals surface area contributed by atoms with Crippen LogP contribution in [0.5, 0.6) is 0 Å². The highest BCUT2D eigenvalue weighted by Crippen LogP contribution is 2.16. The second-order valence-corrected chi connectivity index (χ2v) is 2.14. The molecular weight excluding hydrogens is 132 g/mol. The number of likely N-dealkylation sites (tertiary alicyclic amines) is 1. The fourth-order valence-corrected chi connectivity index (χ4v) is 1.02. The fraction of sp³-hybridized carbons (Fsp3) is 0.500. The summed E-state index contributed by atoms with van der Waals surface area (Å²) in [6.45, 7) is 0.555. The van der Waals surface area contributed by atoms with Gasteiger partial charge in [0, 0.05) is 13.0 Å². The molecule has 54 valence electrons. The van der Waals surface area contributed by atoms with Crippen LogP contribution in [0.1, 0.15) is 12.8 Å². The van der Waals surface area contributed by atoms with Gasteiger partial charge < -0.3 is 5.73 Å². The molecule has 4 nitrogen and oxygen atoms in total. The van der Waals surface area contributed by atoms with Crippen molar-refractivity contribution in [2.24, 2.45) is 5.73 Å². The second kappa shape index (κ2) is 2.54. The lowest BCUT2D eigenvalue weighted by atomic mass is 10.3. The summed E-state index contributed by atoms with van der Waals surface area (Å²) in [6, 6.07) is -0.559. The number of carbonyl (C=O) groups excluding carboxylic acids is 2. The zero-order valence-electron chi connectivity index (χ0n) is 5.46. The van der Waals surface area contributed by atoms with Gasteiger partial charge in [0.15, 0.2) is 0 Å². The number of primary amides is 1. The number of allylic oxidation sites excluding steroid dienone is 1. The van der Waals surface area contributed by atoms with Gasteiger partial charge in [-0.2, -0.15) is 0 Å². The van der Waals surface area contributed by atoms with Crippen molar-refractivity contribution in [1.82, 2.24) is 4.90 Å². The summed E-state index contributed by atoms with van der Waals surface area (Å²) in [7, 11) is 0. The highest BCUT2D eigenvalue weighted by Gasteiger charge is 2.21. The standard InChI is InChI=1S/C6H8N2O2/c7-6(10)8-3-1-2-5(8)4-9/h1-3H2,(H2,7,10). The predicted octanol–water partition coefficient (Wildman–Crippen LogP) is -0.124. The van der Waals surface area contributed by atoms with Crippen LogP contribution >= 0.6 is 0 Å². The van der Waals surface area contributed by atoms with Gasteiger partial charge in [0.25, 0.3) is 0 Å². The molecule has 0 saturated carbocycles. The van der Waals surface area contributed by atoms with E-state index in [0.717, 1.165) is 6.42 Å². The minimum absolute atomic E-state index is 0.382. The van der Waals surface area contributed by atoms with Crippen LogP contribution in [-0.4, -0.2) is 23.4 Å². The number of rotatable bonds is 0. The topological polar surface area (TPSA) is 63.4 Å². The molecule has 1 aliphatic rings. The first-order valence-electron chi connectivity index (χ1n) is 3.06. The van der Waals surface area contributed by atoms with Crippen molar-refractivity contribution < 1.29 is 9.59 Å². The van der Waals surface area contributed by atoms with Gasteiger partial charge in [0.2, 0.25) is 0 Å². The normalized spacial score (nSPS) is 17.2. The van der Waals surface area contributed by atoms with Crippen LogP contribution in [0.3, 0.4) is 0 Å². The number of hydrogen-bond acceptors (Lipinski definition) is 2. The predicted molar refractivity (Wildman–Crippen MR) is 34.7 cm³/mol. The maximum Gasteiger partial charge on any atom is 0.319 e. The molecule has 1 heterocycles. The van der Waals surface area contributed by atoms with Crippen LogP contribution < -0.4 is 5.73 Å². The number of hydrogen-bond donors (Lipinski definition) is 1. The van der Waals surface area contributed by atoms with E-state index in [4.69, 9.17) is 5.73 Å². The molecular formula is C6H8N2O2. The van der Waals surface area contributed by atoms with Gasteiger partial charge in [-0.25, -0.2) is 9.59 Å². The number of amides is 2. The zero-order chi connectivity index (χ0) is 7.56.